The molecule has 24 heavy (non-hydrogen) atoms. The molecule has 1 heterocycles. The Morgan fingerprint density at radius 3 is 2.42 bits per heavy atom. The number of alkyl halides is 1. The summed E-state index contributed by atoms with van der Waals surface area (Å²) in [6, 6.07) is 14.7. The molecule has 1 aliphatic rings. The van der Waals surface area contributed by atoms with Crippen molar-refractivity contribution in [1.82, 2.24) is 5.32 Å². The molecular weight excluding hydrogens is 436 g/mol. The van der Waals surface area contributed by atoms with Crippen molar-refractivity contribution >= 4 is 45.5 Å². The van der Waals surface area contributed by atoms with Gasteiger partial charge in [0.15, 0.2) is 0 Å². The third kappa shape index (κ3) is 4.01. The van der Waals surface area contributed by atoms with E-state index in [1.165, 1.54) is 6.07 Å². The van der Waals surface area contributed by atoms with Crippen molar-refractivity contribution in [1.29, 1.82) is 0 Å². The molecule has 1 aliphatic heterocycles. The third-order valence-corrected chi connectivity index (χ3v) is 5.19. The Labute approximate surface area is 161 Å². The monoisotopic (exact) mass is 455 g/mol. The molecular formula is C20H20ClFIN. The van der Waals surface area contributed by atoms with E-state index in [-0.39, 0.29) is 9.74 Å². The minimum Gasteiger partial charge on any atom is -0.358 e. The lowest BCUT2D eigenvalue weighted by Crippen LogP contribution is -2.26. The van der Waals surface area contributed by atoms with Crippen molar-refractivity contribution in [2.45, 2.75) is 24.2 Å². The van der Waals surface area contributed by atoms with Gasteiger partial charge in [0.2, 0.25) is 0 Å². The topological polar surface area (TPSA) is 12.0 Å². The van der Waals surface area contributed by atoms with E-state index >= 15 is 0 Å². The smallest absolute Gasteiger partial charge is 0.134 e. The van der Waals surface area contributed by atoms with E-state index in [2.05, 4.69) is 34.5 Å². The average molecular weight is 456 g/mol. The molecule has 0 aromatic heterocycles. The lowest BCUT2D eigenvalue weighted by molar-refractivity contribution is 0.622. The van der Waals surface area contributed by atoms with Crippen molar-refractivity contribution in [3.8, 4) is 0 Å². The highest BCUT2D eigenvalue weighted by molar-refractivity contribution is 14.1. The summed E-state index contributed by atoms with van der Waals surface area (Å²) in [5.41, 5.74) is 4.12. The molecule has 0 fully saturated rings. The van der Waals surface area contributed by atoms with Crippen LogP contribution in [-0.4, -0.2) is 3.92 Å². The molecule has 1 atom stereocenters. The zero-order valence-electron chi connectivity index (χ0n) is 13.7. The van der Waals surface area contributed by atoms with Crippen molar-refractivity contribution in [2.24, 2.45) is 0 Å². The van der Waals surface area contributed by atoms with Gasteiger partial charge >= 0.3 is 0 Å². The first-order chi connectivity index (χ1) is 11.6. The summed E-state index contributed by atoms with van der Waals surface area (Å²) in [6.45, 7) is 8.04. The largest absolute Gasteiger partial charge is 0.358 e. The van der Waals surface area contributed by atoms with Crippen molar-refractivity contribution in [3.63, 3.8) is 0 Å². The standard InChI is InChI=1S/C18H14ClFIN.C2H6/c1-11-16(21)10-13(12-6-3-2-4-7-12)18(22-11)17-14(19)8-5-9-15(17)20;1-2/h2-9,16,22H,1,10H2;1-2H3. The van der Waals surface area contributed by atoms with E-state index in [0.29, 0.717) is 16.3 Å². The number of halogens is 3. The third-order valence-electron chi connectivity index (χ3n) is 3.68. The normalized spacial score (nSPS) is 17.0. The highest BCUT2D eigenvalue weighted by Gasteiger charge is 2.26. The molecule has 3 rings (SSSR count). The zero-order chi connectivity index (χ0) is 17.7. The Bertz CT molecular complexity index is 735. The Morgan fingerprint density at radius 2 is 1.79 bits per heavy atom. The van der Waals surface area contributed by atoms with Gasteiger partial charge in [-0.3, -0.25) is 0 Å². The van der Waals surface area contributed by atoms with Crippen molar-refractivity contribution in [2.75, 3.05) is 0 Å². The first-order valence-electron chi connectivity index (χ1n) is 7.90. The molecule has 0 saturated carbocycles. The van der Waals surface area contributed by atoms with Crippen LogP contribution in [0.4, 0.5) is 4.39 Å². The summed E-state index contributed by atoms with van der Waals surface area (Å²) in [5, 5.41) is 3.66. The van der Waals surface area contributed by atoms with Crippen LogP contribution in [0.2, 0.25) is 5.02 Å². The molecule has 0 radical (unpaired) electrons. The highest BCUT2D eigenvalue weighted by atomic mass is 127. The van der Waals surface area contributed by atoms with Crippen LogP contribution >= 0.6 is 34.2 Å². The molecule has 0 amide bonds. The maximum Gasteiger partial charge on any atom is 0.134 e. The van der Waals surface area contributed by atoms with Gasteiger partial charge in [0.1, 0.15) is 5.82 Å². The molecule has 0 aliphatic carbocycles. The predicted octanol–water partition coefficient (Wildman–Crippen LogP) is 6.68. The van der Waals surface area contributed by atoms with Crippen LogP contribution in [0.3, 0.4) is 0 Å². The average Bonchev–Trinajstić information content (AvgIpc) is 2.60. The quantitative estimate of drug-likeness (QED) is 0.393. The van der Waals surface area contributed by atoms with Gasteiger partial charge in [0.05, 0.1) is 20.2 Å². The molecule has 2 aromatic rings. The maximum atomic E-state index is 14.4. The first-order valence-corrected chi connectivity index (χ1v) is 9.53. The van der Waals surface area contributed by atoms with E-state index in [4.69, 9.17) is 11.6 Å². The van der Waals surface area contributed by atoms with E-state index in [1.807, 2.05) is 44.2 Å². The minimum atomic E-state index is -0.330. The molecule has 126 valence electrons. The van der Waals surface area contributed by atoms with E-state index in [9.17, 15) is 4.39 Å². The van der Waals surface area contributed by atoms with E-state index in [0.717, 1.165) is 23.3 Å². The Morgan fingerprint density at radius 1 is 1.12 bits per heavy atom. The number of hydrogen-bond donors (Lipinski definition) is 1. The van der Waals surface area contributed by atoms with Gasteiger partial charge in [-0.1, -0.05) is 91.0 Å². The van der Waals surface area contributed by atoms with Crippen LogP contribution in [0.5, 0.6) is 0 Å². The number of rotatable bonds is 2. The van der Waals surface area contributed by atoms with Gasteiger partial charge in [-0.05, 0) is 29.7 Å². The zero-order valence-corrected chi connectivity index (χ0v) is 16.7. The van der Waals surface area contributed by atoms with Crippen LogP contribution in [0.25, 0.3) is 11.3 Å². The van der Waals surface area contributed by atoms with Gasteiger partial charge in [-0.2, -0.15) is 0 Å². The lowest BCUT2D eigenvalue weighted by atomic mass is 9.91. The van der Waals surface area contributed by atoms with Gasteiger partial charge < -0.3 is 5.32 Å². The second kappa shape index (κ2) is 8.67. The van der Waals surface area contributed by atoms with Crippen LogP contribution < -0.4 is 5.32 Å². The number of hydrogen-bond acceptors (Lipinski definition) is 1. The van der Waals surface area contributed by atoms with Gasteiger partial charge in [-0.25, -0.2) is 4.39 Å². The van der Waals surface area contributed by atoms with Gasteiger partial charge in [0, 0.05) is 5.70 Å². The first kappa shape index (κ1) is 19.0. The summed E-state index contributed by atoms with van der Waals surface area (Å²) in [4.78, 5) is 0. The molecule has 2 aromatic carbocycles. The number of nitrogens with one attached hydrogen (secondary N) is 1. The fourth-order valence-corrected chi connectivity index (χ4v) is 3.42. The second-order valence-corrected chi connectivity index (χ2v) is 7.05. The summed E-state index contributed by atoms with van der Waals surface area (Å²) in [5.74, 6) is -0.330. The number of benzene rings is 2. The maximum absolute atomic E-state index is 14.4. The highest BCUT2D eigenvalue weighted by Crippen LogP contribution is 2.39. The van der Waals surface area contributed by atoms with Crippen LogP contribution in [0, 0.1) is 5.82 Å². The van der Waals surface area contributed by atoms with E-state index < -0.39 is 0 Å². The van der Waals surface area contributed by atoms with E-state index in [1.54, 1.807) is 12.1 Å². The van der Waals surface area contributed by atoms with Crippen molar-refractivity contribution < 1.29 is 4.39 Å². The van der Waals surface area contributed by atoms with Crippen LogP contribution in [-0.2, 0) is 0 Å². The minimum absolute atomic E-state index is 0.252. The summed E-state index contributed by atoms with van der Waals surface area (Å²) in [6.07, 6.45) is 0.788. The Balaban J connectivity index is 0.00000100. The summed E-state index contributed by atoms with van der Waals surface area (Å²) >= 11 is 8.60. The second-order valence-electron chi connectivity index (χ2n) is 5.14. The molecule has 4 heteroatoms. The molecule has 0 saturated heterocycles. The fraction of sp³-hybridized carbons (Fsp3) is 0.200. The Hall–Kier alpha value is -1.33. The molecule has 1 unspecified atom stereocenters. The van der Waals surface area contributed by atoms with Gasteiger partial charge in [0.25, 0.3) is 0 Å². The van der Waals surface area contributed by atoms with Crippen LogP contribution in [0.1, 0.15) is 31.4 Å². The SMILES string of the molecule is C=C1NC(c2c(F)cccc2Cl)=C(c2ccccc2)CC1I.CC. The predicted molar refractivity (Wildman–Crippen MR) is 111 cm³/mol. The van der Waals surface area contributed by atoms with Gasteiger partial charge in [-0.15, -0.1) is 0 Å². The summed E-state index contributed by atoms with van der Waals surface area (Å²) < 4.78 is 14.6. The lowest BCUT2D eigenvalue weighted by Gasteiger charge is -2.29. The molecule has 0 spiro atoms. The molecule has 1 N–H and O–H groups in total. The summed E-state index contributed by atoms with van der Waals surface area (Å²) in [7, 11) is 0. The number of allylic oxidation sites excluding steroid dienone is 2. The Kier molecular flexibility index (Phi) is 6.87. The van der Waals surface area contributed by atoms with Crippen molar-refractivity contribution in [3.05, 3.63) is 82.8 Å². The van der Waals surface area contributed by atoms with Crippen LogP contribution in [0.15, 0.2) is 60.8 Å². The molecule has 0 bridgehead atoms. The fourth-order valence-electron chi connectivity index (χ4n) is 2.57. The molecule has 1 nitrogen and oxygen atoms in total.